The Kier molecular flexibility index (Phi) is 8.18. The molecule has 17 heavy (non-hydrogen) atoms. The SMILES string of the molecule is C#CCCC(CCC1CCCCC1)NCCC. The largest absolute Gasteiger partial charge is 0.314 e. The molecule has 98 valence electrons. The molecular weight excluding hydrogens is 206 g/mol. The fourth-order valence-electron chi connectivity index (χ4n) is 2.87. The van der Waals surface area contributed by atoms with Crippen molar-refractivity contribution in [1.82, 2.24) is 5.32 Å². The van der Waals surface area contributed by atoms with Crippen LogP contribution >= 0.6 is 0 Å². The summed E-state index contributed by atoms with van der Waals surface area (Å²) >= 11 is 0. The van der Waals surface area contributed by atoms with Crippen LogP contribution in [0.3, 0.4) is 0 Å². The van der Waals surface area contributed by atoms with E-state index >= 15 is 0 Å². The van der Waals surface area contributed by atoms with Crippen molar-refractivity contribution in [3.8, 4) is 12.3 Å². The van der Waals surface area contributed by atoms with Gasteiger partial charge in [0.2, 0.25) is 0 Å². The minimum Gasteiger partial charge on any atom is -0.314 e. The highest BCUT2D eigenvalue weighted by molar-refractivity contribution is 4.86. The first-order valence-electron chi connectivity index (χ1n) is 7.53. The molecule has 0 spiro atoms. The van der Waals surface area contributed by atoms with E-state index in [1.165, 1.54) is 51.4 Å². The number of terminal acetylenes is 1. The first-order valence-corrected chi connectivity index (χ1v) is 7.53. The maximum Gasteiger partial charge on any atom is 0.0101 e. The Balaban J connectivity index is 2.18. The van der Waals surface area contributed by atoms with Crippen LogP contribution < -0.4 is 5.32 Å². The van der Waals surface area contributed by atoms with Gasteiger partial charge in [-0.15, -0.1) is 12.3 Å². The van der Waals surface area contributed by atoms with E-state index in [4.69, 9.17) is 6.42 Å². The number of rotatable bonds is 8. The van der Waals surface area contributed by atoms with Gasteiger partial charge in [-0.25, -0.2) is 0 Å². The molecular formula is C16H29N. The molecule has 1 fully saturated rings. The molecule has 0 aromatic heterocycles. The van der Waals surface area contributed by atoms with Gasteiger partial charge in [0.25, 0.3) is 0 Å². The summed E-state index contributed by atoms with van der Waals surface area (Å²) in [6.45, 7) is 3.37. The van der Waals surface area contributed by atoms with Crippen molar-refractivity contribution < 1.29 is 0 Å². The van der Waals surface area contributed by atoms with Crippen LogP contribution in [0, 0.1) is 18.3 Å². The second kappa shape index (κ2) is 9.54. The van der Waals surface area contributed by atoms with Crippen LogP contribution in [0.15, 0.2) is 0 Å². The van der Waals surface area contributed by atoms with Gasteiger partial charge in [0.1, 0.15) is 0 Å². The van der Waals surface area contributed by atoms with Gasteiger partial charge in [-0.1, -0.05) is 39.0 Å². The van der Waals surface area contributed by atoms with E-state index in [1.54, 1.807) is 0 Å². The topological polar surface area (TPSA) is 12.0 Å². The Labute approximate surface area is 108 Å². The summed E-state index contributed by atoms with van der Waals surface area (Å²) in [5.41, 5.74) is 0. The Hall–Kier alpha value is -0.480. The van der Waals surface area contributed by atoms with Crippen LogP contribution in [0.1, 0.15) is 71.1 Å². The van der Waals surface area contributed by atoms with E-state index in [2.05, 4.69) is 18.2 Å². The third-order valence-corrected chi connectivity index (χ3v) is 3.97. The van der Waals surface area contributed by atoms with E-state index in [-0.39, 0.29) is 0 Å². The summed E-state index contributed by atoms with van der Waals surface area (Å²) in [4.78, 5) is 0. The lowest BCUT2D eigenvalue weighted by Crippen LogP contribution is -2.30. The minimum atomic E-state index is 0.660. The van der Waals surface area contributed by atoms with Crippen LogP contribution in [0.2, 0.25) is 0 Å². The van der Waals surface area contributed by atoms with Crippen LogP contribution in [0.25, 0.3) is 0 Å². The Bertz CT molecular complexity index is 210. The van der Waals surface area contributed by atoms with Gasteiger partial charge in [-0.05, 0) is 38.1 Å². The first-order chi connectivity index (χ1) is 8.36. The van der Waals surface area contributed by atoms with Gasteiger partial charge in [-0.2, -0.15) is 0 Å². The monoisotopic (exact) mass is 235 g/mol. The van der Waals surface area contributed by atoms with Crippen LogP contribution in [-0.2, 0) is 0 Å². The van der Waals surface area contributed by atoms with E-state index in [0.717, 1.165) is 25.3 Å². The molecule has 0 heterocycles. The zero-order chi connectivity index (χ0) is 12.3. The van der Waals surface area contributed by atoms with E-state index in [1.807, 2.05) is 0 Å². The molecule has 1 heteroatoms. The molecule has 0 aromatic rings. The Morgan fingerprint density at radius 2 is 2.00 bits per heavy atom. The van der Waals surface area contributed by atoms with Gasteiger partial charge in [0.05, 0.1) is 0 Å². The molecule has 0 bridgehead atoms. The summed E-state index contributed by atoms with van der Waals surface area (Å²) in [7, 11) is 0. The van der Waals surface area contributed by atoms with Crippen LogP contribution in [0.5, 0.6) is 0 Å². The number of nitrogens with one attached hydrogen (secondary N) is 1. The normalized spacial score (nSPS) is 18.8. The predicted molar refractivity (Wildman–Crippen MR) is 76.0 cm³/mol. The molecule has 0 saturated heterocycles. The molecule has 1 nitrogen and oxygen atoms in total. The second-order valence-electron chi connectivity index (χ2n) is 5.48. The standard InChI is InChI=1S/C16H29N/c1-3-5-11-16(17-14-4-2)13-12-15-9-7-6-8-10-15/h1,15-17H,4-14H2,2H3. The van der Waals surface area contributed by atoms with Crippen molar-refractivity contribution in [3.05, 3.63) is 0 Å². The third kappa shape index (κ3) is 6.74. The number of hydrogen-bond acceptors (Lipinski definition) is 1. The molecule has 1 unspecified atom stereocenters. The van der Waals surface area contributed by atoms with Crippen LogP contribution in [-0.4, -0.2) is 12.6 Å². The molecule has 1 aliphatic rings. The smallest absolute Gasteiger partial charge is 0.0101 e. The molecule has 0 aromatic carbocycles. The third-order valence-electron chi connectivity index (χ3n) is 3.97. The summed E-state index contributed by atoms with van der Waals surface area (Å²) in [6, 6.07) is 0.660. The van der Waals surface area contributed by atoms with Gasteiger partial charge < -0.3 is 5.32 Å². The molecule has 1 saturated carbocycles. The number of hydrogen-bond donors (Lipinski definition) is 1. The van der Waals surface area contributed by atoms with E-state index in [9.17, 15) is 0 Å². The molecule has 0 radical (unpaired) electrons. The van der Waals surface area contributed by atoms with Crippen molar-refractivity contribution >= 4 is 0 Å². The lowest BCUT2D eigenvalue weighted by molar-refractivity contribution is 0.309. The molecule has 1 N–H and O–H groups in total. The average molecular weight is 235 g/mol. The molecule has 1 aliphatic carbocycles. The fraction of sp³-hybridized carbons (Fsp3) is 0.875. The zero-order valence-corrected chi connectivity index (χ0v) is 11.5. The maximum absolute atomic E-state index is 5.37. The van der Waals surface area contributed by atoms with E-state index in [0.29, 0.717) is 6.04 Å². The van der Waals surface area contributed by atoms with Crippen LogP contribution in [0.4, 0.5) is 0 Å². The summed E-state index contributed by atoms with van der Waals surface area (Å²) in [5.74, 6) is 3.77. The fourth-order valence-corrected chi connectivity index (χ4v) is 2.87. The van der Waals surface area contributed by atoms with Gasteiger partial charge in [0.15, 0.2) is 0 Å². The van der Waals surface area contributed by atoms with Crippen molar-refractivity contribution in [2.75, 3.05) is 6.54 Å². The lowest BCUT2D eigenvalue weighted by atomic mass is 9.85. The maximum atomic E-state index is 5.37. The lowest BCUT2D eigenvalue weighted by Gasteiger charge is -2.24. The van der Waals surface area contributed by atoms with Gasteiger partial charge in [0, 0.05) is 12.5 Å². The second-order valence-corrected chi connectivity index (χ2v) is 5.48. The molecule has 0 aliphatic heterocycles. The summed E-state index contributed by atoms with van der Waals surface area (Å²) < 4.78 is 0. The van der Waals surface area contributed by atoms with Gasteiger partial charge in [-0.3, -0.25) is 0 Å². The predicted octanol–water partition coefficient (Wildman–Crippen LogP) is 4.13. The minimum absolute atomic E-state index is 0.660. The molecule has 0 amide bonds. The molecule has 1 rings (SSSR count). The Morgan fingerprint density at radius 1 is 1.24 bits per heavy atom. The summed E-state index contributed by atoms with van der Waals surface area (Å²) in [6.07, 6.45) is 18.7. The zero-order valence-electron chi connectivity index (χ0n) is 11.5. The average Bonchev–Trinajstić information content (AvgIpc) is 2.39. The molecule has 1 atom stereocenters. The quantitative estimate of drug-likeness (QED) is 0.624. The summed E-state index contributed by atoms with van der Waals surface area (Å²) in [5, 5.41) is 3.65. The van der Waals surface area contributed by atoms with E-state index < -0.39 is 0 Å². The first kappa shape index (κ1) is 14.6. The van der Waals surface area contributed by atoms with Crippen molar-refractivity contribution in [2.45, 2.75) is 77.2 Å². The van der Waals surface area contributed by atoms with Crippen molar-refractivity contribution in [1.29, 1.82) is 0 Å². The van der Waals surface area contributed by atoms with Crippen molar-refractivity contribution in [2.24, 2.45) is 5.92 Å². The highest BCUT2D eigenvalue weighted by atomic mass is 14.9. The highest BCUT2D eigenvalue weighted by Crippen LogP contribution is 2.28. The Morgan fingerprint density at radius 3 is 2.65 bits per heavy atom. The highest BCUT2D eigenvalue weighted by Gasteiger charge is 2.15. The van der Waals surface area contributed by atoms with Crippen molar-refractivity contribution in [3.63, 3.8) is 0 Å². The van der Waals surface area contributed by atoms with Gasteiger partial charge >= 0.3 is 0 Å².